The van der Waals surface area contributed by atoms with Gasteiger partial charge in [-0.1, -0.05) is 54.6 Å². The fraction of sp³-hybridized carbons (Fsp3) is 0.182. The van der Waals surface area contributed by atoms with Gasteiger partial charge >= 0.3 is 0 Å². The molecule has 41 heavy (non-hydrogen) atoms. The van der Waals surface area contributed by atoms with Crippen LogP contribution in [0.4, 0.5) is 10.3 Å². The quantitative estimate of drug-likeness (QED) is 0.195. The molecule has 0 spiro atoms. The molecule has 0 fully saturated rings. The van der Waals surface area contributed by atoms with Gasteiger partial charge in [-0.15, -0.1) is 0 Å². The van der Waals surface area contributed by atoms with E-state index < -0.39 is 17.3 Å². The van der Waals surface area contributed by atoms with Crippen molar-refractivity contribution in [3.05, 3.63) is 127 Å². The van der Waals surface area contributed by atoms with Crippen LogP contribution in [-0.2, 0) is 16.2 Å². The molecule has 8 heteroatoms. The predicted octanol–water partition coefficient (Wildman–Crippen LogP) is 6.16. The van der Waals surface area contributed by atoms with Gasteiger partial charge in [0.1, 0.15) is 35.2 Å². The minimum atomic E-state index is -3.61. The SMILES string of the molecule is CC(C)n1c(N(C)S(C)(=O)=O)nc(-c2ccc(F)cc2)c1C[P+](c1ccccc1)(c1ccccc1)c1ccccc1. The first-order valence-electron chi connectivity index (χ1n) is 13.5. The van der Waals surface area contributed by atoms with Crippen LogP contribution in [0.2, 0.25) is 0 Å². The van der Waals surface area contributed by atoms with Crippen molar-refractivity contribution in [3.63, 3.8) is 0 Å². The summed E-state index contributed by atoms with van der Waals surface area (Å²) in [6, 6.07) is 37.8. The molecule has 5 rings (SSSR count). The summed E-state index contributed by atoms with van der Waals surface area (Å²) in [6.07, 6.45) is 1.76. The van der Waals surface area contributed by atoms with Crippen LogP contribution in [0.25, 0.3) is 11.3 Å². The topological polar surface area (TPSA) is 55.2 Å². The van der Waals surface area contributed by atoms with Gasteiger partial charge in [0, 0.05) is 18.7 Å². The lowest BCUT2D eigenvalue weighted by atomic mass is 10.1. The van der Waals surface area contributed by atoms with E-state index in [1.165, 1.54) is 45.7 Å². The molecular weight excluding hydrogens is 552 g/mol. The zero-order valence-corrected chi connectivity index (χ0v) is 25.4. The van der Waals surface area contributed by atoms with Crippen molar-refractivity contribution in [2.75, 3.05) is 17.6 Å². The molecule has 0 amide bonds. The van der Waals surface area contributed by atoms with E-state index in [0.717, 1.165) is 11.3 Å². The second-order valence-electron chi connectivity index (χ2n) is 10.4. The van der Waals surface area contributed by atoms with Gasteiger partial charge in [-0.05, 0) is 74.5 Å². The second kappa shape index (κ2) is 11.6. The number of aromatic nitrogens is 2. The first-order valence-corrected chi connectivity index (χ1v) is 17.3. The van der Waals surface area contributed by atoms with Crippen molar-refractivity contribution in [2.24, 2.45) is 0 Å². The molecule has 0 radical (unpaired) electrons. The van der Waals surface area contributed by atoms with Gasteiger partial charge in [0.25, 0.3) is 0 Å². The Kier molecular flexibility index (Phi) is 8.12. The van der Waals surface area contributed by atoms with Crippen LogP contribution in [-0.4, -0.2) is 31.3 Å². The Morgan fingerprint density at radius 1 is 0.780 bits per heavy atom. The summed E-state index contributed by atoms with van der Waals surface area (Å²) in [6.45, 7) is 4.07. The number of nitrogens with zero attached hydrogens (tertiary/aromatic N) is 3. The molecule has 0 N–H and O–H groups in total. The molecule has 0 aliphatic heterocycles. The number of benzene rings is 4. The van der Waals surface area contributed by atoms with Crippen molar-refractivity contribution in [2.45, 2.75) is 26.1 Å². The van der Waals surface area contributed by atoms with E-state index in [1.54, 1.807) is 12.1 Å². The normalized spacial score (nSPS) is 12.0. The van der Waals surface area contributed by atoms with Crippen LogP contribution in [0.3, 0.4) is 0 Å². The van der Waals surface area contributed by atoms with Crippen LogP contribution >= 0.6 is 7.26 Å². The number of rotatable bonds is 9. The Hall–Kier alpha value is -3.80. The highest BCUT2D eigenvalue weighted by molar-refractivity contribution is 7.95. The van der Waals surface area contributed by atoms with Gasteiger partial charge in [0.2, 0.25) is 16.0 Å². The lowest BCUT2D eigenvalue weighted by Crippen LogP contribution is -2.33. The molecule has 0 bridgehead atoms. The number of hydrogen-bond acceptors (Lipinski definition) is 3. The molecule has 0 saturated heterocycles. The van der Waals surface area contributed by atoms with Crippen LogP contribution < -0.4 is 20.2 Å². The Balaban J connectivity index is 1.89. The number of sulfonamides is 1. The summed E-state index contributed by atoms with van der Waals surface area (Å²) < 4.78 is 42.9. The van der Waals surface area contributed by atoms with Gasteiger partial charge in [-0.3, -0.25) is 0 Å². The smallest absolute Gasteiger partial charge is 0.234 e. The first-order chi connectivity index (χ1) is 19.6. The second-order valence-corrected chi connectivity index (χ2v) is 15.9. The van der Waals surface area contributed by atoms with E-state index in [0.29, 0.717) is 17.8 Å². The summed E-state index contributed by atoms with van der Waals surface area (Å²) in [7, 11) is -4.43. The van der Waals surface area contributed by atoms with Crippen LogP contribution in [0.1, 0.15) is 25.6 Å². The molecule has 5 aromatic rings. The number of imidazole rings is 1. The highest BCUT2D eigenvalue weighted by atomic mass is 32.2. The van der Waals surface area contributed by atoms with E-state index >= 15 is 0 Å². The van der Waals surface area contributed by atoms with Crippen molar-refractivity contribution in [1.82, 2.24) is 9.55 Å². The number of anilines is 1. The molecule has 0 atom stereocenters. The lowest BCUT2D eigenvalue weighted by molar-refractivity contribution is 0.576. The van der Waals surface area contributed by atoms with Crippen molar-refractivity contribution in [1.29, 1.82) is 0 Å². The molecule has 1 heterocycles. The Morgan fingerprint density at radius 2 is 1.22 bits per heavy atom. The van der Waals surface area contributed by atoms with Crippen LogP contribution in [0.5, 0.6) is 0 Å². The third kappa shape index (κ3) is 5.57. The molecule has 5 nitrogen and oxygen atoms in total. The monoisotopic (exact) mass is 586 g/mol. The molecule has 4 aromatic carbocycles. The average Bonchev–Trinajstić information content (AvgIpc) is 3.35. The minimum Gasteiger partial charge on any atom is -0.307 e. The third-order valence-corrected chi connectivity index (χ3v) is 12.9. The number of hydrogen-bond donors (Lipinski definition) is 0. The lowest BCUT2D eigenvalue weighted by Gasteiger charge is -2.29. The van der Waals surface area contributed by atoms with E-state index in [2.05, 4.69) is 72.8 Å². The van der Waals surface area contributed by atoms with Crippen molar-refractivity contribution in [3.8, 4) is 11.3 Å². The van der Waals surface area contributed by atoms with Gasteiger partial charge in [0.05, 0.1) is 17.6 Å². The largest absolute Gasteiger partial charge is 0.307 e. The van der Waals surface area contributed by atoms with Crippen molar-refractivity contribution >= 4 is 39.1 Å². The first kappa shape index (κ1) is 28.7. The van der Waals surface area contributed by atoms with E-state index in [-0.39, 0.29) is 11.9 Å². The van der Waals surface area contributed by atoms with Crippen molar-refractivity contribution < 1.29 is 12.8 Å². The predicted molar refractivity (Wildman–Crippen MR) is 170 cm³/mol. The van der Waals surface area contributed by atoms with Gasteiger partial charge in [-0.2, -0.15) is 0 Å². The Labute approximate surface area is 242 Å². The zero-order chi connectivity index (χ0) is 29.2. The molecule has 0 aliphatic carbocycles. The molecule has 210 valence electrons. The Bertz CT molecular complexity index is 1630. The molecule has 1 aromatic heterocycles. The molecular formula is C33H34FN3O2PS+. The van der Waals surface area contributed by atoms with E-state index in [9.17, 15) is 12.8 Å². The van der Waals surface area contributed by atoms with Gasteiger partial charge in [0.15, 0.2) is 0 Å². The fourth-order valence-corrected chi connectivity index (χ4v) is 10.0. The standard InChI is InChI=1S/C33H34FN3O2PS/c1-25(2)37-31(32(26-20-22-27(34)23-21-26)35-33(37)36(3)41(4,38)39)24-40(28-14-8-5-9-15-28,29-16-10-6-11-17-29)30-18-12-7-13-19-30/h5-23,25H,24H2,1-4H3/q+1. The average molecular weight is 587 g/mol. The summed E-state index contributed by atoms with van der Waals surface area (Å²) in [5, 5.41) is 3.62. The highest BCUT2D eigenvalue weighted by Crippen LogP contribution is 2.59. The highest BCUT2D eigenvalue weighted by Gasteiger charge is 2.47. The maximum Gasteiger partial charge on any atom is 0.234 e. The molecule has 0 unspecified atom stereocenters. The maximum absolute atomic E-state index is 14.0. The molecule has 0 saturated carbocycles. The van der Waals surface area contributed by atoms with Gasteiger partial charge < -0.3 is 4.57 Å². The van der Waals surface area contributed by atoms with E-state index in [1.807, 2.05) is 36.6 Å². The van der Waals surface area contributed by atoms with E-state index in [4.69, 9.17) is 4.98 Å². The Morgan fingerprint density at radius 3 is 1.61 bits per heavy atom. The fourth-order valence-electron chi connectivity index (χ4n) is 5.35. The minimum absolute atomic E-state index is 0.102. The summed E-state index contributed by atoms with van der Waals surface area (Å²) in [4.78, 5) is 4.97. The van der Waals surface area contributed by atoms with Crippen LogP contribution in [0.15, 0.2) is 115 Å². The molecule has 0 aliphatic rings. The number of halogens is 1. The summed E-state index contributed by atoms with van der Waals surface area (Å²) >= 11 is 0. The third-order valence-electron chi connectivity index (χ3n) is 7.38. The maximum atomic E-state index is 14.0. The zero-order valence-electron chi connectivity index (χ0n) is 23.6. The van der Waals surface area contributed by atoms with Crippen LogP contribution in [0, 0.1) is 5.82 Å². The summed E-state index contributed by atoms with van der Waals surface area (Å²) in [5.74, 6) is -0.00381. The van der Waals surface area contributed by atoms with Gasteiger partial charge in [-0.25, -0.2) is 22.1 Å². The summed E-state index contributed by atoms with van der Waals surface area (Å²) in [5.41, 5.74) is 2.29.